The molecule has 0 aromatic heterocycles. The van der Waals surface area contributed by atoms with Crippen LogP contribution in [0.5, 0.6) is 0 Å². The van der Waals surface area contributed by atoms with Gasteiger partial charge < -0.3 is 10.2 Å². The Bertz CT molecular complexity index is 490. The van der Waals surface area contributed by atoms with Crippen molar-refractivity contribution in [2.45, 2.75) is 12.0 Å². The van der Waals surface area contributed by atoms with E-state index in [2.05, 4.69) is 0 Å². The van der Waals surface area contributed by atoms with E-state index in [1.165, 1.54) is 0 Å². The van der Waals surface area contributed by atoms with Crippen molar-refractivity contribution in [1.82, 2.24) is 0 Å². The lowest BCUT2D eigenvalue weighted by Gasteiger charge is -2.29. The van der Waals surface area contributed by atoms with Gasteiger partial charge in [-0.25, -0.2) is 0 Å². The van der Waals surface area contributed by atoms with Gasteiger partial charge in [-0.2, -0.15) is 0 Å². The molecule has 2 rings (SSSR count). The van der Waals surface area contributed by atoms with E-state index >= 15 is 0 Å². The maximum atomic E-state index is 10.9. The Kier molecular flexibility index (Phi) is 4.48. The molecule has 0 radical (unpaired) electrons. The van der Waals surface area contributed by atoms with Gasteiger partial charge in [0.05, 0.1) is 0 Å². The van der Waals surface area contributed by atoms with Crippen LogP contribution in [0.1, 0.15) is 17.5 Å². The predicted octanol–water partition coefficient (Wildman–Crippen LogP) is 3.61. The Balaban J connectivity index is 2.47. The van der Waals surface area contributed by atoms with Gasteiger partial charge in [-0.15, -0.1) is 0 Å². The van der Waals surface area contributed by atoms with Crippen LogP contribution in [-0.4, -0.2) is 16.8 Å². The lowest BCUT2D eigenvalue weighted by molar-refractivity contribution is 0.0509. The first-order chi connectivity index (χ1) is 9.06. The zero-order chi connectivity index (χ0) is 13.9. The first kappa shape index (κ1) is 14.4. The standard InChI is InChI=1S/C15H14Cl2O2/c16-13-5-1-11(2-6-13)15(19,9-10-18)12-3-7-14(17)8-4-12/h1-8,18-19H,9-10H2. The lowest BCUT2D eigenvalue weighted by Crippen LogP contribution is -2.28. The topological polar surface area (TPSA) is 40.5 Å². The minimum atomic E-state index is -1.25. The number of aliphatic hydroxyl groups is 2. The number of benzene rings is 2. The molecule has 0 aliphatic carbocycles. The molecule has 0 saturated heterocycles. The summed E-state index contributed by atoms with van der Waals surface area (Å²) in [5.74, 6) is 0. The lowest BCUT2D eigenvalue weighted by atomic mass is 9.84. The summed E-state index contributed by atoms with van der Waals surface area (Å²) >= 11 is 11.7. The van der Waals surface area contributed by atoms with Crippen LogP contribution in [0, 0.1) is 0 Å². The highest BCUT2D eigenvalue weighted by Gasteiger charge is 2.30. The van der Waals surface area contributed by atoms with Gasteiger partial charge in [0.2, 0.25) is 0 Å². The van der Waals surface area contributed by atoms with Crippen LogP contribution in [0.15, 0.2) is 48.5 Å². The number of hydrogen-bond donors (Lipinski definition) is 2. The maximum Gasteiger partial charge on any atom is 0.117 e. The van der Waals surface area contributed by atoms with Gasteiger partial charge in [-0.05, 0) is 35.4 Å². The molecular weight excluding hydrogens is 283 g/mol. The normalized spacial score (nSPS) is 11.6. The number of rotatable bonds is 4. The monoisotopic (exact) mass is 296 g/mol. The average molecular weight is 297 g/mol. The summed E-state index contributed by atoms with van der Waals surface area (Å²) in [6, 6.07) is 13.9. The van der Waals surface area contributed by atoms with Crippen molar-refractivity contribution in [3.05, 3.63) is 69.7 Å². The summed E-state index contributed by atoms with van der Waals surface area (Å²) in [6.07, 6.45) is 0.205. The second kappa shape index (κ2) is 5.93. The maximum absolute atomic E-state index is 10.9. The molecule has 0 atom stereocenters. The van der Waals surface area contributed by atoms with Crippen molar-refractivity contribution in [1.29, 1.82) is 0 Å². The molecule has 0 heterocycles. The molecule has 0 spiro atoms. The summed E-state index contributed by atoms with van der Waals surface area (Å²) in [7, 11) is 0. The molecule has 4 heteroatoms. The van der Waals surface area contributed by atoms with Gasteiger partial charge in [0, 0.05) is 23.1 Å². The fourth-order valence-corrected chi connectivity index (χ4v) is 2.32. The number of hydrogen-bond acceptors (Lipinski definition) is 2. The zero-order valence-corrected chi connectivity index (χ0v) is 11.7. The Labute approximate surface area is 122 Å². The molecule has 0 aliphatic heterocycles. The Morgan fingerprint density at radius 1 is 0.789 bits per heavy atom. The van der Waals surface area contributed by atoms with Crippen LogP contribution in [0.3, 0.4) is 0 Å². The van der Waals surface area contributed by atoms with E-state index < -0.39 is 5.60 Å². The van der Waals surface area contributed by atoms with Crippen LogP contribution in [-0.2, 0) is 5.60 Å². The summed E-state index contributed by atoms with van der Waals surface area (Å²) in [5.41, 5.74) is 0.130. The smallest absolute Gasteiger partial charge is 0.117 e. The second-order valence-corrected chi connectivity index (χ2v) is 5.22. The SMILES string of the molecule is OCCC(O)(c1ccc(Cl)cc1)c1ccc(Cl)cc1. The molecule has 2 N–H and O–H groups in total. The largest absolute Gasteiger partial charge is 0.396 e. The Morgan fingerprint density at radius 3 is 1.47 bits per heavy atom. The van der Waals surface area contributed by atoms with Crippen LogP contribution in [0.4, 0.5) is 0 Å². The molecule has 2 aromatic rings. The van der Waals surface area contributed by atoms with Crippen LogP contribution >= 0.6 is 23.2 Å². The van der Waals surface area contributed by atoms with E-state index in [-0.39, 0.29) is 13.0 Å². The van der Waals surface area contributed by atoms with Gasteiger partial charge in [0.15, 0.2) is 0 Å². The van der Waals surface area contributed by atoms with E-state index in [1.807, 2.05) is 0 Å². The van der Waals surface area contributed by atoms with Gasteiger partial charge >= 0.3 is 0 Å². The van der Waals surface area contributed by atoms with E-state index in [0.717, 1.165) is 0 Å². The Morgan fingerprint density at radius 2 is 1.16 bits per heavy atom. The van der Waals surface area contributed by atoms with Crippen LogP contribution in [0.25, 0.3) is 0 Å². The minimum Gasteiger partial charge on any atom is -0.396 e. The number of aliphatic hydroxyl groups excluding tert-OH is 1. The van der Waals surface area contributed by atoms with Gasteiger partial charge in [-0.3, -0.25) is 0 Å². The molecule has 0 saturated carbocycles. The highest BCUT2D eigenvalue weighted by Crippen LogP contribution is 2.34. The van der Waals surface area contributed by atoms with E-state index in [4.69, 9.17) is 23.2 Å². The third-order valence-corrected chi connectivity index (χ3v) is 3.62. The van der Waals surface area contributed by atoms with Gasteiger partial charge in [0.1, 0.15) is 5.60 Å². The highest BCUT2D eigenvalue weighted by molar-refractivity contribution is 6.30. The first-order valence-electron chi connectivity index (χ1n) is 5.91. The molecular formula is C15H14Cl2O2. The quantitative estimate of drug-likeness (QED) is 0.905. The number of halogens is 2. The van der Waals surface area contributed by atoms with Crippen LogP contribution in [0.2, 0.25) is 10.0 Å². The van der Waals surface area contributed by atoms with E-state index in [1.54, 1.807) is 48.5 Å². The predicted molar refractivity (Wildman–Crippen MR) is 77.6 cm³/mol. The third-order valence-electron chi connectivity index (χ3n) is 3.12. The molecule has 2 aromatic carbocycles. The highest BCUT2D eigenvalue weighted by atomic mass is 35.5. The zero-order valence-electron chi connectivity index (χ0n) is 10.2. The summed E-state index contributed by atoms with van der Waals surface area (Å²) in [5, 5.41) is 21.3. The van der Waals surface area contributed by atoms with Crippen molar-refractivity contribution in [2.75, 3.05) is 6.61 Å². The van der Waals surface area contributed by atoms with Crippen molar-refractivity contribution < 1.29 is 10.2 Å². The summed E-state index contributed by atoms with van der Waals surface area (Å²) < 4.78 is 0. The first-order valence-corrected chi connectivity index (χ1v) is 6.67. The molecule has 19 heavy (non-hydrogen) atoms. The van der Waals surface area contributed by atoms with Crippen LogP contribution < -0.4 is 0 Å². The molecule has 0 fully saturated rings. The molecule has 0 bridgehead atoms. The van der Waals surface area contributed by atoms with Gasteiger partial charge in [-0.1, -0.05) is 47.5 Å². The van der Waals surface area contributed by atoms with E-state index in [9.17, 15) is 10.2 Å². The Hall–Kier alpha value is -1.06. The molecule has 0 aliphatic rings. The molecule has 0 amide bonds. The summed E-state index contributed by atoms with van der Waals surface area (Å²) in [4.78, 5) is 0. The fourth-order valence-electron chi connectivity index (χ4n) is 2.07. The van der Waals surface area contributed by atoms with Crippen molar-refractivity contribution >= 4 is 23.2 Å². The van der Waals surface area contributed by atoms with E-state index in [0.29, 0.717) is 21.2 Å². The molecule has 0 unspecified atom stereocenters. The summed E-state index contributed by atoms with van der Waals surface area (Å²) in [6.45, 7) is -0.123. The molecule has 2 nitrogen and oxygen atoms in total. The minimum absolute atomic E-state index is 0.123. The van der Waals surface area contributed by atoms with Gasteiger partial charge in [0.25, 0.3) is 0 Å². The van der Waals surface area contributed by atoms with Crippen molar-refractivity contribution in [3.8, 4) is 0 Å². The van der Waals surface area contributed by atoms with Crippen molar-refractivity contribution in [3.63, 3.8) is 0 Å². The third kappa shape index (κ3) is 3.10. The second-order valence-electron chi connectivity index (χ2n) is 4.35. The molecule has 100 valence electrons. The van der Waals surface area contributed by atoms with Crippen molar-refractivity contribution in [2.24, 2.45) is 0 Å². The fraction of sp³-hybridized carbons (Fsp3) is 0.200. The average Bonchev–Trinajstić information content (AvgIpc) is 2.40.